The molecule has 27 heavy (non-hydrogen) atoms. The minimum absolute atomic E-state index is 0.0847. The average Bonchev–Trinajstić information content (AvgIpc) is 2.84. The Morgan fingerprint density at radius 2 is 2.04 bits per heavy atom. The molecule has 0 bridgehead atoms. The van der Waals surface area contributed by atoms with E-state index >= 15 is 0 Å². The van der Waals surface area contributed by atoms with E-state index in [1.165, 1.54) is 11.3 Å². The van der Waals surface area contributed by atoms with E-state index in [4.69, 9.17) is 4.74 Å². The van der Waals surface area contributed by atoms with Gasteiger partial charge in [0.2, 0.25) is 5.91 Å². The number of carbonyl (C=O) groups is 1. The highest BCUT2D eigenvalue weighted by Crippen LogP contribution is 2.53. The predicted molar refractivity (Wildman–Crippen MR) is 112 cm³/mol. The third-order valence-corrected chi connectivity index (χ3v) is 6.30. The van der Waals surface area contributed by atoms with E-state index < -0.39 is 5.66 Å². The van der Waals surface area contributed by atoms with Crippen molar-refractivity contribution in [1.29, 1.82) is 0 Å². The topological polar surface area (TPSA) is 41.6 Å². The van der Waals surface area contributed by atoms with Gasteiger partial charge in [-0.3, -0.25) is 4.79 Å². The van der Waals surface area contributed by atoms with E-state index in [-0.39, 0.29) is 11.3 Å². The van der Waals surface area contributed by atoms with Crippen LogP contribution >= 0.6 is 15.9 Å². The van der Waals surface area contributed by atoms with E-state index in [9.17, 15) is 4.79 Å². The number of carbonyl (C=O) groups excluding carboxylic acids is 1. The zero-order valence-electron chi connectivity index (χ0n) is 15.8. The molecule has 1 unspecified atom stereocenters. The van der Waals surface area contributed by atoms with Crippen LogP contribution in [-0.2, 0) is 10.2 Å². The predicted octanol–water partition coefficient (Wildman–Crippen LogP) is 4.48. The molecular formula is C22H23BrN2O2. The Morgan fingerprint density at radius 3 is 2.81 bits per heavy atom. The first-order chi connectivity index (χ1) is 12.9. The number of hydrogen-bond acceptors (Lipinski definition) is 3. The van der Waals surface area contributed by atoms with Crippen LogP contribution in [0.2, 0.25) is 0 Å². The van der Waals surface area contributed by atoms with Crippen LogP contribution < -0.4 is 15.0 Å². The summed E-state index contributed by atoms with van der Waals surface area (Å²) in [7, 11) is 1.67. The zero-order chi connectivity index (χ0) is 19.2. The molecule has 1 amide bonds. The van der Waals surface area contributed by atoms with Gasteiger partial charge in [-0.15, -0.1) is 0 Å². The van der Waals surface area contributed by atoms with Crippen LogP contribution in [0.3, 0.4) is 0 Å². The second kappa shape index (κ2) is 6.41. The SMILES string of the molecule is COc1cccc(/C=C/C23NC(=O)CCN2c2ccc(Br)cc2C3(C)C)c1. The minimum atomic E-state index is -0.603. The van der Waals surface area contributed by atoms with Crippen LogP contribution in [0.25, 0.3) is 6.08 Å². The molecule has 0 spiro atoms. The summed E-state index contributed by atoms with van der Waals surface area (Å²) in [6.45, 7) is 5.09. The number of halogens is 1. The summed E-state index contributed by atoms with van der Waals surface area (Å²) in [5, 5.41) is 3.30. The highest BCUT2D eigenvalue weighted by Gasteiger charge is 2.57. The Morgan fingerprint density at radius 1 is 1.22 bits per heavy atom. The molecule has 0 saturated carbocycles. The Bertz CT molecular complexity index is 938. The van der Waals surface area contributed by atoms with Crippen LogP contribution in [-0.4, -0.2) is 25.2 Å². The lowest BCUT2D eigenvalue weighted by atomic mass is 9.74. The first-order valence-electron chi connectivity index (χ1n) is 9.09. The van der Waals surface area contributed by atoms with E-state index in [0.717, 1.165) is 15.8 Å². The molecular weight excluding hydrogens is 404 g/mol. The maximum atomic E-state index is 12.4. The molecule has 2 aliphatic rings. The van der Waals surface area contributed by atoms with Gasteiger partial charge >= 0.3 is 0 Å². The number of amides is 1. The van der Waals surface area contributed by atoms with Crippen molar-refractivity contribution >= 4 is 33.6 Å². The van der Waals surface area contributed by atoms with Crippen molar-refractivity contribution in [1.82, 2.24) is 5.32 Å². The highest BCUT2D eigenvalue weighted by molar-refractivity contribution is 9.10. The normalized spacial score (nSPS) is 23.1. The van der Waals surface area contributed by atoms with Gasteiger partial charge in [0.1, 0.15) is 11.4 Å². The maximum Gasteiger partial charge on any atom is 0.223 e. The lowest BCUT2D eigenvalue weighted by Gasteiger charge is -2.49. The number of methoxy groups -OCH3 is 1. The number of hydrogen-bond donors (Lipinski definition) is 1. The molecule has 140 valence electrons. The van der Waals surface area contributed by atoms with E-state index in [2.05, 4.69) is 70.3 Å². The first kappa shape index (κ1) is 18.1. The van der Waals surface area contributed by atoms with E-state index in [1.54, 1.807) is 7.11 Å². The van der Waals surface area contributed by atoms with Crippen molar-refractivity contribution in [3.05, 3.63) is 64.1 Å². The van der Waals surface area contributed by atoms with Gasteiger partial charge < -0.3 is 15.0 Å². The molecule has 1 atom stereocenters. The summed E-state index contributed by atoms with van der Waals surface area (Å²) in [6.07, 6.45) is 4.71. The number of anilines is 1. The monoisotopic (exact) mass is 426 g/mol. The van der Waals surface area contributed by atoms with Gasteiger partial charge in [0, 0.05) is 28.5 Å². The molecule has 4 nitrogen and oxygen atoms in total. The fourth-order valence-electron chi connectivity index (χ4n) is 4.29. The van der Waals surface area contributed by atoms with Crippen molar-refractivity contribution in [3.8, 4) is 5.75 Å². The number of benzene rings is 2. The number of nitrogens with one attached hydrogen (secondary N) is 1. The molecule has 1 fully saturated rings. The van der Waals surface area contributed by atoms with Gasteiger partial charge in [-0.05, 0) is 47.5 Å². The lowest BCUT2D eigenvalue weighted by Crippen LogP contribution is -2.68. The van der Waals surface area contributed by atoms with Crippen LogP contribution in [0.5, 0.6) is 5.75 Å². The summed E-state index contributed by atoms with van der Waals surface area (Å²) >= 11 is 3.60. The summed E-state index contributed by atoms with van der Waals surface area (Å²) in [4.78, 5) is 14.8. The Hall–Kier alpha value is -2.27. The Kier molecular flexibility index (Phi) is 4.30. The van der Waals surface area contributed by atoms with Crippen molar-refractivity contribution in [2.45, 2.75) is 31.3 Å². The third kappa shape index (κ3) is 2.76. The van der Waals surface area contributed by atoms with Gasteiger partial charge in [-0.25, -0.2) is 0 Å². The van der Waals surface area contributed by atoms with Crippen molar-refractivity contribution in [3.63, 3.8) is 0 Å². The average molecular weight is 427 g/mol. The van der Waals surface area contributed by atoms with Gasteiger partial charge in [-0.1, -0.05) is 48.0 Å². The molecule has 0 radical (unpaired) electrons. The fourth-order valence-corrected chi connectivity index (χ4v) is 4.65. The van der Waals surface area contributed by atoms with Gasteiger partial charge in [0.15, 0.2) is 0 Å². The maximum absolute atomic E-state index is 12.4. The van der Waals surface area contributed by atoms with Crippen molar-refractivity contribution in [2.24, 2.45) is 0 Å². The van der Waals surface area contributed by atoms with Crippen LogP contribution in [0.15, 0.2) is 53.0 Å². The van der Waals surface area contributed by atoms with Gasteiger partial charge in [0.05, 0.1) is 7.11 Å². The molecule has 2 aliphatic heterocycles. The van der Waals surface area contributed by atoms with Crippen LogP contribution in [0, 0.1) is 0 Å². The largest absolute Gasteiger partial charge is 0.497 e. The molecule has 2 heterocycles. The van der Waals surface area contributed by atoms with E-state index in [0.29, 0.717) is 13.0 Å². The fraction of sp³-hybridized carbons (Fsp3) is 0.318. The summed E-state index contributed by atoms with van der Waals surface area (Å²) in [5.41, 5.74) is 2.55. The molecule has 1 N–H and O–H groups in total. The van der Waals surface area contributed by atoms with Crippen molar-refractivity contribution in [2.75, 3.05) is 18.6 Å². The molecule has 0 aliphatic carbocycles. The number of ether oxygens (including phenoxy) is 1. The lowest BCUT2D eigenvalue weighted by molar-refractivity contribution is -0.124. The smallest absolute Gasteiger partial charge is 0.223 e. The highest BCUT2D eigenvalue weighted by atomic mass is 79.9. The minimum Gasteiger partial charge on any atom is -0.497 e. The Labute approximate surface area is 168 Å². The van der Waals surface area contributed by atoms with Gasteiger partial charge in [-0.2, -0.15) is 0 Å². The number of rotatable bonds is 3. The molecule has 4 rings (SSSR count). The van der Waals surface area contributed by atoms with Crippen LogP contribution in [0.4, 0.5) is 5.69 Å². The summed E-state index contributed by atoms with van der Waals surface area (Å²) < 4.78 is 6.38. The number of nitrogens with zero attached hydrogens (tertiary/aromatic N) is 1. The second-order valence-corrected chi connectivity index (χ2v) is 8.53. The molecule has 1 saturated heterocycles. The third-order valence-electron chi connectivity index (χ3n) is 5.80. The van der Waals surface area contributed by atoms with Crippen molar-refractivity contribution < 1.29 is 9.53 Å². The zero-order valence-corrected chi connectivity index (χ0v) is 17.3. The summed E-state index contributed by atoms with van der Waals surface area (Å²) in [6, 6.07) is 14.3. The molecule has 2 aromatic carbocycles. The van der Waals surface area contributed by atoms with Crippen LogP contribution in [0.1, 0.15) is 31.4 Å². The second-order valence-electron chi connectivity index (χ2n) is 7.61. The van der Waals surface area contributed by atoms with Gasteiger partial charge in [0.25, 0.3) is 0 Å². The quantitative estimate of drug-likeness (QED) is 0.785. The Balaban J connectivity index is 1.83. The molecule has 2 aromatic rings. The summed E-state index contributed by atoms with van der Waals surface area (Å²) in [5.74, 6) is 0.901. The standard InChI is InChI=1S/C22H23BrN2O2/c1-21(2)18-14-16(23)7-8-19(18)25-12-10-20(26)24-22(21,25)11-9-15-5-4-6-17(13-15)27-3/h4-9,11,13-14H,10,12H2,1-3H3,(H,24,26)/b11-9+. The number of fused-ring (bicyclic) bond motifs is 3. The van der Waals surface area contributed by atoms with E-state index in [1.807, 2.05) is 24.3 Å². The molecule has 5 heteroatoms. The molecule has 0 aromatic heterocycles. The first-order valence-corrected chi connectivity index (χ1v) is 9.89.